The molecule has 1 aliphatic rings. The minimum absolute atomic E-state index is 0.0760. The Morgan fingerprint density at radius 3 is 2.73 bits per heavy atom. The molecule has 0 aromatic heterocycles. The third kappa shape index (κ3) is 5.21. The number of hydrogen-bond donors (Lipinski definition) is 3. The number of carbonyl (C=O) groups is 1. The standard InChI is InChI=1S/C17H26N2O2S/c1-12(10-16(20)13-6-4-3-5-7-13)18-17(21)19-14-8-9-15(11-14)22-2/h3-7,12,14-16,20H,8-11H2,1-2H3,(H2,18,19,21)/t12-,14-,15+,16+/m0/s1. The maximum absolute atomic E-state index is 12.0. The second kappa shape index (κ2) is 8.44. The van der Waals surface area contributed by atoms with Gasteiger partial charge in [0.15, 0.2) is 0 Å². The number of thioether (sulfide) groups is 1. The summed E-state index contributed by atoms with van der Waals surface area (Å²) in [6, 6.07) is 9.62. The number of aliphatic hydroxyl groups excluding tert-OH is 1. The average Bonchev–Trinajstić information content (AvgIpc) is 2.95. The molecule has 0 radical (unpaired) electrons. The normalized spacial score (nSPS) is 23.8. The van der Waals surface area contributed by atoms with E-state index in [1.807, 2.05) is 49.0 Å². The van der Waals surface area contributed by atoms with Crippen molar-refractivity contribution in [2.24, 2.45) is 0 Å². The van der Waals surface area contributed by atoms with Gasteiger partial charge in [-0.15, -0.1) is 0 Å². The summed E-state index contributed by atoms with van der Waals surface area (Å²) in [7, 11) is 0. The molecule has 5 heteroatoms. The SMILES string of the molecule is CS[C@@H]1CC[C@H](NC(=O)N[C@@H](C)C[C@@H](O)c2ccccc2)C1. The van der Waals surface area contributed by atoms with Crippen molar-refractivity contribution in [1.82, 2.24) is 10.6 Å². The number of amides is 2. The summed E-state index contributed by atoms with van der Waals surface area (Å²) < 4.78 is 0. The molecule has 1 aromatic carbocycles. The third-order valence-corrected chi connectivity index (χ3v) is 5.29. The Morgan fingerprint density at radius 1 is 1.36 bits per heavy atom. The summed E-state index contributed by atoms with van der Waals surface area (Å²) >= 11 is 1.88. The number of nitrogens with one attached hydrogen (secondary N) is 2. The number of rotatable bonds is 6. The molecule has 0 aliphatic heterocycles. The lowest BCUT2D eigenvalue weighted by atomic mass is 10.0. The van der Waals surface area contributed by atoms with E-state index in [1.54, 1.807) is 0 Å². The third-order valence-electron chi connectivity index (χ3n) is 4.19. The molecular weight excluding hydrogens is 296 g/mol. The molecule has 3 N–H and O–H groups in total. The zero-order chi connectivity index (χ0) is 15.9. The second-order valence-corrected chi connectivity index (χ2v) is 7.19. The summed E-state index contributed by atoms with van der Waals surface area (Å²) in [5.41, 5.74) is 0.884. The van der Waals surface area contributed by atoms with Gasteiger partial charge in [-0.1, -0.05) is 30.3 Å². The van der Waals surface area contributed by atoms with Crippen molar-refractivity contribution in [1.29, 1.82) is 0 Å². The predicted octanol–water partition coefficient (Wildman–Crippen LogP) is 3.08. The molecule has 0 unspecified atom stereocenters. The fraction of sp³-hybridized carbons (Fsp3) is 0.588. The van der Waals surface area contributed by atoms with E-state index in [0.29, 0.717) is 11.7 Å². The maximum Gasteiger partial charge on any atom is 0.315 e. The van der Waals surface area contributed by atoms with Gasteiger partial charge >= 0.3 is 6.03 Å². The maximum atomic E-state index is 12.0. The minimum Gasteiger partial charge on any atom is -0.388 e. The van der Waals surface area contributed by atoms with E-state index < -0.39 is 6.10 Å². The lowest BCUT2D eigenvalue weighted by Crippen LogP contribution is -2.45. The van der Waals surface area contributed by atoms with E-state index in [-0.39, 0.29) is 18.1 Å². The van der Waals surface area contributed by atoms with Crippen LogP contribution < -0.4 is 10.6 Å². The van der Waals surface area contributed by atoms with Gasteiger partial charge in [0.2, 0.25) is 0 Å². The fourth-order valence-corrected chi connectivity index (χ4v) is 3.74. The number of aliphatic hydroxyl groups is 1. The smallest absolute Gasteiger partial charge is 0.315 e. The number of carbonyl (C=O) groups excluding carboxylic acids is 1. The first-order valence-electron chi connectivity index (χ1n) is 7.91. The van der Waals surface area contributed by atoms with Gasteiger partial charge in [-0.2, -0.15) is 11.8 Å². The van der Waals surface area contributed by atoms with Crippen molar-refractivity contribution >= 4 is 17.8 Å². The van der Waals surface area contributed by atoms with Crippen molar-refractivity contribution in [2.45, 2.75) is 56.0 Å². The lowest BCUT2D eigenvalue weighted by molar-refractivity contribution is 0.154. The quantitative estimate of drug-likeness (QED) is 0.754. The Morgan fingerprint density at radius 2 is 2.09 bits per heavy atom. The van der Waals surface area contributed by atoms with E-state index in [4.69, 9.17) is 0 Å². The Bertz CT molecular complexity index is 469. The van der Waals surface area contributed by atoms with Crippen molar-refractivity contribution in [2.75, 3.05) is 6.26 Å². The molecule has 1 aliphatic carbocycles. The summed E-state index contributed by atoms with van der Waals surface area (Å²) in [4.78, 5) is 12.0. The van der Waals surface area contributed by atoms with Crippen LogP contribution in [0.25, 0.3) is 0 Å². The summed E-state index contributed by atoms with van der Waals surface area (Å²) in [5.74, 6) is 0. The highest BCUT2D eigenvalue weighted by atomic mass is 32.2. The molecule has 0 heterocycles. The molecule has 1 aromatic rings. The van der Waals surface area contributed by atoms with Gasteiger partial charge < -0.3 is 15.7 Å². The second-order valence-electron chi connectivity index (χ2n) is 6.05. The minimum atomic E-state index is -0.552. The van der Waals surface area contributed by atoms with Crippen molar-refractivity contribution < 1.29 is 9.90 Å². The first-order chi connectivity index (χ1) is 10.6. The lowest BCUT2D eigenvalue weighted by Gasteiger charge is -2.20. The zero-order valence-corrected chi connectivity index (χ0v) is 14.1. The van der Waals surface area contributed by atoms with Gasteiger partial charge in [0.1, 0.15) is 0 Å². The van der Waals surface area contributed by atoms with Gasteiger partial charge in [0, 0.05) is 17.3 Å². The molecule has 2 rings (SSSR count). The predicted molar refractivity (Wildman–Crippen MR) is 92.1 cm³/mol. The Balaban J connectivity index is 1.72. The van der Waals surface area contributed by atoms with Crippen LogP contribution >= 0.6 is 11.8 Å². The Hall–Kier alpha value is -1.20. The van der Waals surface area contributed by atoms with Gasteiger partial charge in [-0.3, -0.25) is 0 Å². The first kappa shape index (κ1) is 17.2. The zero-order valence-electron chi connectivity index (χ0n) is 13.3. The summed E-state index contributed by atoms with van der Waals surface area (Å²) in [6.07, 6.45) is 5.36. The van der Waals surface area contributed by atoms with Crippen LogP contribution in [0.2, 0.25) is 0 Å². The molecule has 0 saturated heterocycles. The van der Waals surface area contributed by atoms with Crippen LogP contribution in [-0.4, -0.2) is 34.7 Å². The molecule has 22 heavy (non-hydrogen) atoms. The van der Waals surface area contributed by atoms with Crippen LogP contribution in [-0.2, 0) is 0 Å². The fourth-order valence-electron chi connectivity index (χ4n) is 2.94. The number of urea groups is 1. The molecule has 0 spiro atoms. The van der Waals surface area contributed by atoms with Gasteiger partial charge in [-0.05, 0) is 44.4 Å². The molecule has 1 saturated carbocycles. The van der Waals surface area contributed by atoms with Gasteiger partial charge in [0.25, 0.3) is 0 Å². The molecule has 122 valence electrons. The average molecular weight is 322 g/mol. The highest BCUT2D eigenvalue weighted by Crippen LogP contribution is 2.28. The largest absolute Gasteiger partial charge is 0.388 e. The van der Waals surface area contributed by atoms with Gasteiger partial charge in [0.05, 0.1) is 6.10 Å². The summed E-state index contributed by atoms with van der Waals surface area (Å²) in [5, 5.41) is 16.8. The molecule has 4 atom stereocenters. The van der Waals surface area contributed by atoms with Crippen molar-refractivity contribution in [3.8, 4) is 0 Å². The van der Waals surface area contributed by atoms with E-state index in [1.165, 1.54) is 6.42 Å². The van der Waals surface area contributed by atoms with Crippen LogP contribution in [0, 0.1) is 0 Å². The van der Waals surface area contributed by atoms with Crippen LogP contribution in [0.5, 0.6) is 0 Å². The van der Waals surface area contributed by atoms with E-state index in [0.717, 1.165) is 18.4 Å². The van der Waals surface area contributed by atoms with Crippen LogP contribution in [0.1, 0.15) is 44.3 Å². The molecule has 4 nitrogen and oxygen atoms in total. The van der Waals surface area contributed by atoms with Crippen LogP contribution in [0.3, 0.4) is 0 Å². The Labute approximate surface area is 137 Å². The molecular formula is C17H26N2O2S. The summed E-state index contributed by atoms with van der Waals surface area (Å²) in [6.45, 7) is 1.92. The molecule has 2 amide bonds. The number of hydrogen-bond acceptors (Lipinski definition) is 3. The highest BCUT2D eigenvalue weighted by molar-refractivity contribution is 7.99. The van der Waals surface area contributed by atoms with Crippen LogP contribution in [0.4, 0.5) is 4.79 Å². The van der Waals surface area contributed by atoms with Crippen molar-refractivity contribution in [3.63, 3.8) is 0 Å². The first-order valence-corrected chi connectivity index (χ1v) is 9.20. The monoisotopic (exact) mass is 322 g/mol. The van der Waals surface area contributed by atoms with E-state index in [2.05, 4.69) is 16.9 Å². The topological polar surface area (TPSA) is 61.4 Å². The highest BCUT2D eigenvalue weighted by Gasteiger charge is 2.25. The Kier molecular flexibility index (Phi) is 6.58. The van der Waals surface area contributed by atoms with Gasteiger partial charge in [-0.25, -0.2) is 4.79 Å². The van der Waals surface area contributed by atoms with Crippen molar-refractivity contribution in [3.05, 3.63) is 35.9 Å². The van der Waals surface area contributed by atoms with E-state index >= 15 is 0 Å². The number of benzene rings is 1. The van der Waals surface area contributed by atoms with E-state index in [9.17, 15) is 9.90 Å². The van der Waals surface area contributed by atoms with Crippen LogP contribution in [0.15, 0.2) is 30.3 Å². The molecule has 0 bridgehead atoms. The molecule has 1 fully saturated rings.